The normalized spacial score (nSPS) is 10.2. The number of para-hydroxylation sites is 1. The summed E-state index contributed by atoms with van der Waals surface area (Å²) in [6, 6.07) is 13.5. The lowest BCUT2D eigenvalue weighted by atomic mass is 10.2. The Morgan fingerprint density at radius 1 is 1.00 bits per heavy atom. The van der Waals surface area contributed by atoms with Crippen LogP contribution in [0.4, 0.5) is 11.4 Å². The first kappa shape index (κ1) is 11.3. The molecule has 0 aliphatic rings. The number of halogens is 2. The Balaban J connectivity index is 2.35. The van der Waals surface area contributed by atoms with Crippen molar-refractivity contribution < 1.29 is 0 Å². The summed E-state index contributed by atoms with van der Waals surface area (Å²) in [6.45, 7) is 1.98. The monoisotopic (exact) mass is 251 g/mol. The van der Waals surface area contributed by atoms with Gasteiger partial charge in [0.05, 0.1) is 10.7 Å². The average molecular weight is 252 g/mol. The third-order valence-electron chi connectivity index (χ3n) is 2.30. The minimum atomic E-state index is 0.633. The molecule has 0 radical (unpaired) electrons. The highest BCUT2D eigenvalue weighted by molar-refractivity contribution is 6.36. The van der Waals surface area contributed by atoms with E-state index in [1.807, 2.05) is 43.3 Å². The molecule has 1 N–H and O–H groups in total. The van der Waals surface area contributed by atoms with Crippen LogP contribution in [0.1, 0.15) is 5.56 Å². The minimum absolute atomic E-state index is 0.633. The molecule has 0 amide bonds. The molecule has 0 heterocycles. The van der Waals surface area contributed by atoms with Gasteiger partial charge >= 0.3 is 0 Å². The van der Waals surface area contributed by atoms with E-state index in [0.29, 0.717) is 10.0 Å². The van der Waals surface area contributed by atoms with Gasteiger partial charge in [0.25, 0.3) is 0 Å². The van der Waals surface area contributed by atoms with Crippen molar-refractivity contribution in [1.29, 1.82) is 0 Å². The van der Waals surface area contributed by atoms with Crippen LogP contribution in [0.15, 0.2) is 42.5 Å². The van der Waals surface area contributed by atoms with Gasteiger partial charge < -0.3 is 5.32 Å². The van der Waals surface area contributed by atoms with Gasteiger partial charge in [-0.3, -0.25) is 0 Å². The molecule has 0 atom stereocenters. The molecule has 0 saturated carbocycles. The summed E-state index contributed by atoms with van der Waals surface area (Å²) in [6.07, 6.45) is 0. The summed E-state index contributed by atoms with van der Waals surface area (Å²) in [5, 5.41) is 4.56. The lowest BCUT2D eigenvalue weighted by Gasteiger charge is -2.11. The van der Waals surface area contributed by atoms with Crippen molar-refractivity contribution in [3.05, 3.63) is 58.1 Å². The maximum atomic E-state index is 6.14. The second-order valence-corrected chi connectivity index (χ2v) is 4.41. The fourth-order valence-corrected chi connectivity index (χ4v) is 2.17. The van der Waals surface area contributed by atoms with Gasteiger partial charge in [-0.1, -0.05) is 41.4 Å². The van der Waals surface area contributed by atoms with E-state index in [4.69, 9.17) is 23.2 Å². The summed E-state index contributed by atoms with van der Waals surface area (Å²) in [5.74, 6) is 0. The molecule has 2 aromatic carbocycles. The van der Waals surface area contributed by atoms with Gasteiger partial charge in [0.15, 0.2) is 0 Å². The molecule has 16 heavy (non-hydrogen) atoms. The van der Waals surface area contributed by atoms with E-state index in [9.17, 15) is 0 Å². The zero-order valence-corrected chi connectivity index (χ0v) is 10.3. The number of aryl methyl sites for hydroxylation is 1. The number of benzene rings is 2. The third kappa shape index (κ3) is 2.49. The standard InChI is InChI=1S/C13H11Cl2N/c1-9-7-10(14)8-12(15)13(9)16-11-5-3-2-4-6-11/h2-8,16H,1H3. The van der Waals surface area contributed by atoms with Gasteiger partial charge in [0.2, 0.25) is 0 Å². The highest BCUT2D eigenvalue weighted by Crippen LogP contribution is 2.31. The summed E-state index contributed by atoms with van der Waals surface area (Å²) >= 11 is 12.1. The number of hydrogen-bond donors (Lipinski definition) is 1. The van der Waals surface area contributed by atoms with Crippen molar-refractivity contribution in [2.75, 3.05) is 5.32 Å². The highest BCUT2D eigenvalue weighted by Gasteiger charge is 2.05. The first-order valence-electron chi connectivity index (χ1n) is 4.94. The summed E-state index contributed by atoms with van der Waals surface area (Å²) < 4.78 is 0. The molecule has 0 aliphatic carbocycles. The Morgan fingerprint density at radius 2 is 1.69 bits per heavy atom. The van der Waals surface area contributed by atoms with E-state index in [1.54, 1.807) is 6.07 Å². The molecule has 0 aliphatic heterocycles. The Morgan fingerprint density at radius 3 is 2.31 bits per heavy atom. The Kier molecular flexibility index (Phi) is 3.37. The van der Waals surface area contributed by atoms with Crippen molar-refractivity contribution in [2.45, 2.75) is 6.92 Å². The van der Waals surface area contributed by atoms with Crippen molar-refractivity contribution in [3.8, 4) is 0 Å². The molecule has 1 nitrogen and oxygen atoms in total. The van der Waals surface area contributed by atoms with Gasteiger partial charge in [-0.2, -0.15) is 0 Å². The predicted molar refractivity (Wildman–Crippen MR) is 70.9 cm³/mol. The molecule has 2 aromatic rings. The molecule has 0 bridgehead atoms. The summed E-state index contributed by atoms with van der Waals surface area (Å²) in [7, 11) is 0. The highest BCUT2D eigenvalue weighted by atomic mass is 35.5. The van der Waals surface area contributed by atoms with Crippen molar-refractivity contribution in [2.24, 2.45) is 0 Å². The fraction of sp³-hybridized carbons (Fsp3) is 0.0769. The number of nitrogens with one attached hydrogen (secondary N) is 1. The molecule has 0 fully saturated rings. The molecule has 0 aromatic heterocycles. The third-order valence-corrected chi connectivity index (χ3v) is 2.81. The van der Waals surface area contributed by atoms with Crippen LogP contribution in [0, 0.1) is 6.92 Å². The predicted octanol–water partition coefficient (Wildman–Crippen LogP) is 5.05. The Labute approximate surface area is 105 Å². The van der Waals surface area contributed by atoms with Gasteiger partial charge in [-0.15, -0.1) is 0 Å². The van der Waals surface area contributed by atoms with Crippen LogP contribution >= 0.6 is 23.2 Å². The maximum Gasteiger partial charge on any atom is 0.0658 e. The van der Waals surface area contributed by atoms with Crippen LogP contribution in [0.2, 0.25) is 10.0 Å². The molecule has 82 valence electrons. The summed E-state index contributed by atoms with van der Waals surface area (Å²) in [4.78, 5) is 0. The molecule has 0 saturated heterocycles. The van der Waals surface area contributed by atoms with E-state index in [2.05, 4.69) is 5.32 Å². The maximum absolute atomic E-state index is 6.14. The average Bonchev–Trinajstić information content (AvgIpc) is 2.25. The Hall–Kier alpha value is -1.18. The topological polar surface area (TPSA) is 12.0 Å². The zero-order valence-electron chi connectivity index (χ0n) is 8.80. The van der Waals surface area contributed by atoms with Crippen molar-refractivity contribution in [3.63, 3.8) is 0 Å². The van der Waals surface area contributed by atoms with Crippen molar-refractivity contribution in [1.82, 2.24) is 0 Å². The lowest BCUT2D eigenvalue weighted by Crippen LogP contribution is -1.93. The SMILES string of the molecule is Cc1cc(Cl)cc(Cl)c1Nc1ccccc1. The number of rotatable bonds is 2. The van der Waals surface area contributed by atoms with Gasteiger partial charge in [-0.25, -0.2) is 0 Å². The van der Waals surface area contributed by atoms with Gasteiger partial charge in [0, 0.05) is 10.7 Å². The van der Waals surface area contributed by atoms with E-state index in [-0.39, 0.29) is 0 Å². The second kappa shape index (κ2) is 4.77. The van der Waals surface area contributed by atoms with Crippen LogP contribution in [0.25, 0.3) is 0 Å². The van der Waals surface area contributed by atoms with Crippen LogP contribution in [-0.2, 0) is 0 Å². The van der Waals surface area contributed by atoms with Crippen LogP contribution in [-0.4, -0.2) is 0 Å². The smallest absolute Gasteiger partial charge is 0.0658 e. The summed E-state index contributed by atoms with van der Waals surface area (Å²) in [5.41, 5.74) is 2.94. The fourth-order valence-electron chi connectivity index (χ4n) is 1.53. The molecule has 2 rings (SSSR count). The zero-order chi connectivity index (χ0) is 11.5. The first-order chi connectivity index (χ1) is 7.66. The van der Waals surface area contributed by atoms with Crippen LogP contribution < -0.4 is 5.32 Å². The minimum Gasteiger partial charge on any atom is -0.354 e. The molecule has 3 heteroatoms. The van der Waals surface area contributed by atoms with E-state index < -0.39 is 0 Å². The van der Waals surface area contributed by atoms with E-state index >= 15 is 0 Å². The largest absolute Gasteiger partial charge is 0.354 e. The second-order valence-electron chi connectivity index (χ2n) is 3.57. The molecular weight excluding hydrogens is 241 g/mol. The van der Waals surface area contributed by atoms with Gasteiger partial charge in [0.1, 0.15) is 0 Å². The van der Waals surface area contributed by atoms with Crippen molar-refractivity contribution >= 4 is 34.6 Å². The molecule has 0 unspecified atom stereocenters. The van der Waals surface area contributed by atoms with Crippen LogP contribution in [0.5, 0.6) is 0 Å². The van der Waals surface area contributed by atoms with E-state index in [1.165, 1.54) is 0 Å². The quantitative estimate of drug-likeness (QED) is 0.788. The van der Waals surface area contributed by atoms with Crippen LogP contribution in [0.3, 0.4) is 0 Å². The number of hydrogen-bond acceptors (Lipinski definition) is 1. The number of anilines is 2. The molecule has 0 spiro atoms. The Bertz CT molecular complexity index is 472. The van der Waals surface area contributed by atoms with Gasteiger partial charge in [-0.05, 0) is 36.8 Å². The molecular formula is C13H11Cl2N. The first-order valence-corrected chi connectivity index (χ1v) is 5.70. The van der Waals surface area contributed by atoms with E-state index in [0.717, 1.165) is 16.9 Å². The lowest BCUT2D eigenvalue weighted by molar-refractivity contribution is 1.43.